The Morgan fingerprint density at radius 2 is 1.61 bits per heavy atom. The highest BCUT2D eigenvalue weighted by Gasteiger charge is 2.23. The highest BCUT2D eigenvalue weighted by Crippen LogP contribution is 2.26. The molecule has 0 bridgehead atoms. The summed E-state index contributed by atoms with van der Waals surface area (Å²) in [4.78, 5) is 12.4. The van der Waals surface area contributed by atoms with Gasteiger partial charge in [0.1, 0.15) is 0 Å². The van der Waals surface area contributed by atoms with Crippen LogP contribution in [0.3, 0.4) is 0 Å². The smallest absolute Gasteiger partial charge is 0.254 e. The molecule has 0 spiro atoms. The molecule has 18 heavy (non-hydrogen) atoms. The molecule has 1 heterocycles. The topological polar surface area (TPSA) is 22.0 Å². The molecule has 1 aromatic heterocycles. The van der Waals surface area contributed by atoms with Gasteiger partial charge in [0.25, 0.3) is 5.56 Å². The van der Waals surface area contributed by atoms with E-state index in [4.69, 9.17) is 0 Å². The Hall–Kier alpha value is -1.05. The predicted molar refractivity (Wildman–Crippen MR) is 78.4 cm³/mol. The minimum atomic E-state index is -0.103. The fourth-order valence-electron chi connectivity index (χ4n) is 1.99. The van der Waals surface area contributed by atoms with Gasteiger partial charge in [-0.1, -0.05) is 48.5 Å². The van der Waals surface area contributed by atoms with Crippen LogP contribution < -0.4 is 5.56 Å². The van der Waals surface area contributed by atoms with E-state index in [0.717, 1.165) is 18.5 Å². The Labute approximate surface area is 111 Å². The minimum Gasteiger partial charge on any atom is -0.315 e. The van der Waals surface area contributed by atoms with Crippen LogP contribution in [-0.2, 0) is 17.4 Å². The van der Waals surface area contributed by atoms with Crippen molar-refractivity contribution in [2.75, 3.05) is 0 Å². The normalized spacial score (nSPS) is 12.8. The van der Waals surface area contributed by atoms with Gasteiger partial charge in [-0.25, -0.2) is 0 Å². The molecule has 0 aromatic carbocycles. The largest absolute Gasteiger partial charge is 0.315 e. The van der Waals surface area contributed by atoms with E-state index >= 15 is 0 Å². The molecule has 0 saturated carbocycles. The summed E-state index contributed by atoms with van der Waals surface area (Å²) in [6.45, 7) is 15.8. The van der Waals surface area contributed by atoms with Gasteiger partial charge in [-0.2, -0.15) is 0 Å². The molecule has 0 radical (unpaired) electrons. The highest BCUT2D eigenvalue weighted by atomic mass is 16.1. The zero-order valence-electron chi connectivity index (χ0n) is 12.9. The molecule has 1 aromatic rings. The van der Waals surface area contributed by atoms with E-state index in [1.165, 1.54) is 5.56 Å². The quantitative estimate of drug-likeness (QED) is 0.780. The average Bonchev–Trinajstić information content (AvgIpc) is 2.17. The third-order valence-corrected chi connectivity index (χ3v) is 3.22. The standard InChI is InChI=1S/C16H27NO/c1-8-9-17-11-12(15(2,3)4)10-13(14(17)18)16(5,6)7/h10-11H,8-9H2,1-7H3. The number of hydrogen-bond acceptors (Lipinski definition) is 1. The lowest BCUT2D eigenvalue weighted by Gasteiger charge is -2.26. The highest BCUT2D eigenvalue weighted by molar-refractivity contribution is 5.29. The first-order valence-electron chi connectivity index (χ1n) is 6.83. The first-order chi connectivity index (χ1) is 8.07. The Morgan fingerprint density at radius 1 is 1.06 bits per heavy atom. The predicted octanol–water partition coefficient (Wildman–Crippen LogP) is 3.85. The Morgan fingerprint density at radius 3 is 2.00 bits per heavy atom. The molecule has 2 nitrogen and oxygen atoms in total. The maximum atomic E-state index is 12.4. The van der Waals surface area contributed by atoms with Crippen LogP contribution in [0.25, 0.3) is 0 Å². The van der Waals surface area contributed by atoms with E-state index in [0.29, 0.717) is 0 Å². The fraction of sp³-hybridized carbons (Fsp3) is 0.688. The molecular formula is C16H27NO. The molecule has 0 aliphatic heterocycles. The van der Waals surface area contributed by atoms with Crippen LogP contribution in [0.1, 0.15) is 66.0 Å². The molecule has 0 atom stereocenters. The second-order valence-electron chi connectivity index (χ2n) is 7.14. The van der Waals surface area contributed by atoms with Gasteiger partial charge in [0.05, 0.1) is 0 Å². The van der Waals surface area contributed by atoms with Gasteiger partial charge < -0.3 is 4.57 Å². The summed E-state index contributed by atoms with van der Waals surface area (Å²) in [5, 5.41) is 0. The summed E-state index contributed by atoms with van der Waals surface area (Å²) in [6.07, 6.45) is 3.01. The molecule has 1 rings (SSSR count). The van der Waals surface area contributed by atoms with Crippen LogP contribution in [0.15, 0.2) is 17.1 Å². The number of nitrogens with zero attached hydrogens (tertiary/aromatic N) is 1. The molecule has 0 fully saturated rings. The molecule has 0 N–H and O–H groups in total. The molecule has 0 aliphatic carbocycles. The third-order valence-electron chi connectivity index (χ3n) is 3.22. The number of aromatic nitrogens is 1. The summed E-state index contributed by atoms with van der Waals surface area (Å²) < 4.78 is 1.88. The van der Waals surface area contributed by atoms with E-state index in [1.54, 1.807) is 0 Å². The van der Waals surface area contributed by atoms with Crippen molar-refractivity contribution in [2.24, 2.45) is 0 Å². The zero-order valence-corrected chi connectivity index (χ0v) is 12.9. The van der Waals surface area contributed by atoms with Crippen LogP contribution in [0, 0.1) is 0 Å². The summed E-state index contributed by atoms with van der Waals surface area (Å²) in [5.74, 6) is 0. The number of rotatable bonds is 2. The summed E-state index contributed by atoms with van der Waals surface area (Å²) in [6, 6.07) is 2.09. The first-order valence-corrected chi connectivity index (χ1v) is 6.83. The van der Waals surface area contributed by atoms with Gasteiger partial charge in [0.2, 0.25) is 0 Å². The van der Waals surface area contributed by atoms with E-state index < -0.39 is 0 Å². The van der Waals surface area contributed by atoms with Crippen LogP contribution in [0.5, 0.6) is 0 Å². The molecule has 102 valence electrons. The van der Waals surface area contributed by atoms with Gasteiger partial charge in [-0.15, -0.1) is 0 Å². The van der Waals surface area contributed by atoms with Gasteiger partial charge in [0.15, 0.2) is 0 Å². The molecular weight excluding hydrogens is 222 g/mol. The molecule has 2 heteroatoms. The molecule has 0 aliphatic rings. The Kier molecular flexibility index (Phi) is 4.09. The van der Waals surface area contributed by atoms with Gasteiger partial charge in [-0.05, 0) is 28.9 Å². The summed E-state index contributed by atoms with van der Waals surface area (Å²) >= 11 is 0. The first kappa shape index (κ1) is 15.0. The van der Waals surface area contributed by atoms with Gasteiger partial charge >= 0.3 is 0 Å². The van der Waals surface area contributed by atoms with Crippen LogP contribution in [0.2, 0.25) is 0 Å². The number of pyridine rings is 1. The van der Waals surface area contributed by atoms with Crippen molar-refractivity contribution in [3.8, 4) is 0 Å². The Balaban J connectivity index is 3.53. The maximum absolute atomic E-state index is 12.4. The van der Waals surface area contributed by atoms with E-state index in [2.05, 4.69) is 54.5 Å². The zero-order chi connectivity index (χ0) is 14.1. The number of aryl methyl sites for hydroxylation is 1. The van der Waals surface area contributed by atoms with Crippen molar-refractivity contribution >= 4 is 0 Å². The summed E-state index contributed by atoms with van der Waals surface area (Å²) in [5.41, 5.74) is 2.29. The van der Waals surface area contributed by atoms with Crippen molar-refractivity contribution < 1.29 is 0 Å². The third kappa shape index (κ3) is 3.24. The molecule has 0 unspecified atom stereocenters. The van der Waals surface area contributed by atoms with E-state index in [1.807, 2.05) is 10.8 Å². The van der Waals surface area contributed by atoms with Gasteiger partial charge in [-0.3, -0.25) is 4.79 Å². The minimum absolute atomic E-state index is 0.0726. The lowest BCUT2D eigenvalue weighted by atomic mass is 9.82. The van der Waals surface area contributed by atoms with Crippen molar-refractivity contribution in [1.29, 1.82) is 0 Å². The number of hydrogen-bond donors (Lipinski definition) is 0. The van der Waals surface area contributed by atoms with Crippen molar-refractivity contribution in [2.45, 2.75) is 72.3 Å². The van der Waals surface area contributed by atoms with Crippen molar-refractivity contribution in [1.82, 2.24) is 4.57 Å². The lowest BCUT2D eigenvalue weighted by Crippen LogP contribution is -2.32. The molecule has 0 saturated heterocycles. The van der Waals surface area contributed by atoms with Gasteiger partial charge in [0, 0.05) is 18.3 Å². The lowest BCUT2D eigenvalue weighted by molar-refractivity contribution is 0.531. The van der Waals surface area contributed by atoms with Crippen LogP contribution in [-0.4, -0.2) is 4.57 Å². The second-order valence-corrected chi connectivity index (χ2v) is 7.14. The van der Waals surface area contributed by atoms with Crippen LogP contribution >= 0.6 is 0 Å². The Bertz CT molecular complexity index is 469. The van der Waals surface area contributed by atoms with E-state index in [9.17, 15) is 4.79 Å². The SMILES string of the molecule is CCCn1cc(C(C)(C)C)cc(C(C)(C)C)c1=O. The van der Waals surface area contributed by atoms with E-state index in [-0.39, 0.29) is 16.4 Å². The monoisotopic (exact) mass is 249 g/mol. The second kappa shape index (κ2) is 4.91. The van der Waals surface area contributed by atoms with Crippen LogP contribution in [0.4, 0.5) is 0 Å². The summed E-state index contributed by atoms with van der Waals surface area (Å²) in [7, 11) is 0. The fourth-order valence-corrected chi connectivity index (χ4v) is 1.99. The average molecular weight is 249 g/mol. The van der Waals surface area contributed by atoms with Crippen molar-refractivity contribution in [3.63, 3.8) is 0 Å². The van der Waals surface area contributed by atoms with Crippen molar-refractivity contribution in [3.05, 3.63) is 33.7 Å². The maximum Gasteiger partial charge on any atom is 0.254 e. The molecule has 0 amide bonds.